The highest BCUT2D eigenvalue weighted by atomic mass is 32.2. The van der Waals surface area contributed by atoms with Crippen LogP contribution in [0.15, 0.2) is 16.3 Å². The molecule has 20 heavy (non-hydrogen) atoms. The first kappa shape index (κ1) is 16.6. The van der Waals surface area contributed by atoms with Crippen LogP contribution in [0.5, 0.6) is 0 Å². The maximum absolute atomic E-state index is 12.2. The van der Waals surface area contributed by atoms with Crippen LogP contribution in [0.3, 0.4) is 0 Å². The van der Waals surface area contributed by atoms with Crippen molar-refractivity contribution in [1.82, 2.24) is 9.62 Å². The Bertz CT molecular complexity index is 594. The molecule has 0 aliphatic heterocycles. The molecule has 0 spiro atoms. The van der Waals surface area contributed by atoms with Gasteiger partial charge < -0.3 is 10.0 Å². The van der Waals surface area contributed by atoms with Gasteiger partial charge in [-0.1, -0.05) is 6.92 Å². The molecule has 0 bridgehead atoms. The van der Waals surface area contributed by atoms with E-state index in [2.05, 4.69) is 4.72 Å². The lowest BCUT2D eigenvalue weighted by Gasteiger charge is -2.18. The molecule has 0 unspecified atom stereocenters. The molecule has 0 radical (unpaired) electrons. The van der Waals surface area contributed by atoms with Gasteiger partial charge in [0.25, 0.3) is 5.91 Å². The number of thiophene rings is 1. The van der Waals surface area contributed by atoms with E-state index in [9.17, 15) is 18.0 Å². The van der Waals surface area contributed by atoms with E-state index in [0.717, 1.165) is 11.3 Å². The summed E-state index contributed by atoms with van der Waals surface area (Å²) in [6.45, 7) is 1.73. The van der Waals surface area contributed by atoms with Crippen LogP contribution in [0.4, 0.5) is 0 Å². The first-order valence-electron chi connectivity index (χ1n) is 5.85. The van der Waals surface area contributed by atoms with Crippen molar-refractivity contribution < 1.29 is 23.1 Å². The Balaban J connectivity index is 2.99. The van der Waals surface area contributed by atoms with Gasteiger partial charge in [0.1, 0.15) is 6.54 Å². The zero-order valence-corrected chi connectivity index (χ0v) is 12.8. The van der Waals surface area contributed by atoms with E-state index in [-0.39, 0.29) is 9.77 Å². The normalized spacial score (nSPS) is 11.3. The molecule has 0 saturated heterocycles. The van der Waals surface area contributed by atoms with Crippen LogP contribution in [0, 0.1) is 0 Å². The van der Waals surface area contributed by atoms with Gasteiger partial charge in [-0.2, -0.15) is 0 Å². The van der Waals surface area contributed by atoms with Gasteiger partial charge in [0.15, 0.2) is 0 Å². The fourth-order valence-corrected chi connectivity index (χ4v) is 3.50. The minimum atomic E-state index is -3.60. The zero-order valence-electron chi connectivity index (χ0n) is 11.1. The number of carboxylic acids is 1. The van der Waals surface area contributed by atoms with E-state index in [1.54, 1.807) is 0 Å². The van der Waals surface area contributed by atoms with Gasteiger partial charge in [-0.05, 0) is 19.5 Å². The van der Waals surface area contributed by atoms with Gasteiger partial charge in [0.2, 0.25) is 10.0 Å². The van der Waals surface area contributed by atoms with Gasteiger partial charge in [-0.25, -0.2) is 13.1 Å². The molecule has 1 aromatic rings. The summed E-state index contributed by atoms with van der Waals surface area (Å²) >= 11 is 0.978. The second kappa shape index (κ2) is 6.82. The van der Waals surface area contributed by atoms with E-state index in [4.69, 9.17) is 5.11 Å². The third-order valence-corrected chi connectivity index (χ3v) is 4.93. The molecule has 0 fully saturated rings. The number of hydrogen-bond acceptors (Lipinski definition) is 5. The van der Waals surface area contributed by atoms with Gasteiger partial charge in [-0.15, -0.1) is 11.3 Å². The summed E-state index contributed by atoms with van der Waals surface area (Å²) in [6.07, 6.45) is 0.617. The van der Waals surface area contributed by atoms with E-state index >= 15 is 0 Å². The fourth-order valence-electron chi connectivity index (χ4n) is 1.53. The molecule has 1 rings (SSSR count). The van der Waals surface area contributed by atoms with E-state index in [1.807, 2.05) is 6.92 Å². The molecule has 1 heterocycles. The Morgan fingerprint density at radius 2 is 2.10 bits per heavy atom. The van der Waals surface area contributed by atoms with Crippen LogP contribution in [0.25, 0.3) is 0 Å². The smallest absolute Gasteiger partial charge is 0.323 e. The van der Waals surface area contributed by atoms with Crippen molar-refractivity contribution in [2.45, 2.75) is 18.2 Å². The second-order valence-electron chi connectivity index (χ2n) is 3.97. The monoisotopic (exact) mass is 320 g/mol. The van der Waals surface area contributed by atoms with Crippen LogP contribution < -0.4 is 4.72 Å². The largest absolute Gasteiger partial charge is 0.480 e. The topological polar surface area (TPSA) is 104 Å². The molecule has 112 valence electrons. The van der Waals surface area contributed by atoms with Gasteiger partial charge in [-0.3, -0.25) is 9.59 Å². The van der Waals surface area contributed by atoms with Crippen molar-refractivity contribution in [2.75, 3.05) is 20.1 Å². The number of nitrogens with zero attached hydrogens (tertiary/aromatic N) is 1. The van der Waals surface area contributed by atoms with Crippen LogP contribution in [-0.2, 0) is 14.8 Å². The first-order valence-corrected chi connectivity index (χ1v) is 8.21. The highest BCUT2D eigenvalue weighted by Crippen LogP contribution is 2.20. The van der Waals surface area contributed by atoms with Crippen LogP contribution in [0.1, 0.15) is 23.0 Å². The Morgan fingerprint density at radius 3 is 2.60 bits per heavy atom. The minimum absolute atomic E-state index is 0.000114. The van der Waals surface area contributed by atoms with Crippen LogP contribution >= 0.6 is 11.3 Å². The molecule has 2 N–H and O–H groups in total. The molecule has 0 aromatic carbocycles. The summed E-state index contributed by atoms with van der Waals surface area (Å²) in [5.41, 5.74) is 0. The molecule has 9 heteroatoms. The first-order chi connectivity index (χ1) is 9.31. The molecule has 1 aromatic heterocycles. The molecule has 7 nitrogen and oxygen atoms in total. The molecule has 0 aliphatic rings. The lowest BCUT2D eigenvalue weighted by molar-refractivity contribution is -0.137. The Labute approximate surface area is 121 Å². The minimum Gasteiger partial charge on any atom is -0.480 e. The Hall–Kier alpha value is -1.45. The zero-order chi connectivity index (χ0) is 15.3. The number of hydrogen-bond donors (Lipinski definition) is 2. The summed E-state index contributed by atoms with van der Waals surface area (Å²) in [5, 5.41) is 10.1. The highest BCUT2D eigenvalue weighted by molar-refractivity contribution is 7.89. The molecule has 1 amide bonds. The quantitative estimate of drug-likeness (QED) is 0.765. The summed E-state index contributed by atoms with van der Waals surface area (Å²) in [4.78, 5) is 24.3. The van der Waals surface area contributed by atoms with Crippen molar-refractivity contribution in [1.29, 1.82) is 0 Å². The predicted molar refractivity (Wildman–Crippen MR) is 74.4 cm³/mol. The van der Waals surface area contributed by atoms with E-state index < -0.39 is 28.4 Å². The summed E-state index contributed by atoms with van der Waals surface area (Å²) < 4.78 is 25.3. The molecular formula is C11H16N2O5S2. The van der Waals surface area contributed by atoms with Crippen molar-refractivity contribution in [3.63, 3.8) is 0 Å². The maximum atomic E-state index is 12.2. The summed E-state index contributed by atoms with van der Waals surface area (Å²) in [6, 6.07) is 1.25. The van der Waals surface area contributed by atoms with Crippen LogP contribution in [-0.4, -0.2) is 50.4 Å². The van der Waals surface area contributed by atoms with E-state index in [0.29, 0.717) is 13.0 Å². The van der Waals surface area contributed by atoms with Crippen molar-refractivity contribution in [2.24, 2.45) is 0 Å². The number of sulfonamides is 1. The number of carbonyl (C=O) groups excluding carboxylic acids is 1. The van der Waals surface area contributed by atoms with Gasteiger partial charge in [0.05, 0.1) is 9.77 Å². The van der Waals surface area contributed by atoms with Crippen LogP contribution in [0.2, 0.25) is 0 Å². The lowest BCUT2D eigenvalue weighted by Crippen LogP contribution is -2.35. The summed E-state index contributed by atoms with van der Waals surface area (Å²) in [5.74, 6) is -1.58. The third-order valence-electron chi connectivity index (χ3n) is 2.47. The highest BCUT2D eigenvalue weighted by Gasteiger charge is 2.22. The fraction of sp³-hybridized carbons (Fsp3) is 0.455. The lowest BCUT2D eigenvalue weighted by atomic mass is 10.3. The molecule has 0 saturated carbocycles. The van der Waals surface area contributed by atoms with E-state index in [1.165, 1.54) is 23.4 Å². The molecular weight excluding hydrogens is 304 g/mol. The number of nitrogens with one attached hydrogen (secondary N) is 1. The Kier molecular flexibility index (Phi) is 5.66. The Morgan fingerprint density at radius 1 is 1.45 bits per heavy atom. The predicted octanol–water partition coefficient (Wildman–Crippen LogP) is 0.593. The molecule has 0 atom stereocenters. The summed E-state index contributed by atoms with van der Waals surface area (Å²) in [7, 11) is -2.32. The van der Waals surface area contributed by atoms with Gasteiger partial charge in [0, 0.05) is 11.9 Å². The number of amides is 1. The van der Waals surface area contributed by atoms with Crippen molar-refractivity contribution >= 4 is 33.2 Å². The van der Waals surface area contributed by atoms with Crippen molar-refractivity contribution in [3.8, 4) is 0 Å². The number of aliphatic carboxylic acids is 1. The average molecular weight is 320 g/mol. The maximum Gasteiger partial charge on any atom is 0.323 e. The number of carbonyl (C=O) groups is 2. The number of carboxylic acid groups (broad SMARTS) is 1. The SMILES string of the molecule is CCCN(CC(=O)O)C(=O)c1cc(S(=O)(=O)NC)cs1. The second-order valence-corrected chi connectivity index (χ2v) is 6.77. The average Bonchev–Trinajstić information content (AvgIpc) is 2.87. The molecule has 0 aliphatic carbocycles. The third kappa shape index (κ3) is 4.02. The van der Waals surface area contributed by atoms with Gasteiger partial charge >= 0.3 is 5.97 Å². The standard InChI is InChI=1S/C11H16N2O5S2/c1-3-4-13(6-10(14)15)11(16)9-5-8(7-19-9)20(17,18)12-2/h5,7,12H,3-4,6H2,1-2H3,(H,14,15). The number of rotatable bonds is 7. The van der Waals surface area contributed by atoms with Crippen molar-refractivity contribution in [3.05, 3.63) is 16.3 Å².